The second-order valence-corrected chi connectivity index (χ2v) is 21.8. The molecule has 282 valence electrons. The number of halogens is 3. The highest BCUT2D eigenvalue weighted by Gasteiger charge is 2.49. The van der Waals surface area contributed by atoms with Crippen LogP contribution in [-0.4, -0.2) is 72.4 Å². The molecule has 0 aliphatic carbocycles. The van der Waals surface area contributed by atoms with Gasteiger partial charge in [0.05, 0.1) is 16.5 Å². The van der Waals surface area contributed by atoms with E-state index in [1.165, 1.54) is 6.07 Å². The van der Waals surface area contributed by atoms with Crippen LogP contribution < -0.4 is 20.9 Å². The number of hydrogen-bond donors (Lipinski definition) is 2. The molecule has 3 aliphatic rings. The third-order valence-electron chi connectivity index (χ3n) is 12.1. The lowest BCUT2D eigenvalue weighted by Crippen LogP contribution is -2.43. The third kappa shape index (κ3) is 6.74. The van der Waals surface area contributed by atoms with Crippen LogP contribution in [-0.2, 0) is 0 Å². The van der Waals surface area contributed by atoms with Crippen molar-refractivity contribution < 1.29 is 17.9 Å². The molecule has 0 unspecified atom stereocenters. The third-order valence-corrected chi connectivity index (χ3v) is 18.4. The summed E-state index contributed by atoms with van der Waals surface area (Å²) in [7, 11) is -2.25. The Morgan fingerprint density at radius 1 is 1.02 bits per heavy atom. The average Bonchev–Trinajstić information content (AvgIpc) is 3.49. The summed E-state index contributed by atoms with van der Waals surface area (Å²) < 4.78 is 54.2. The molecule has 3 fully saturated rings. The van der Waals surface area contributed by atoms with Gasteiger partial charge in [-0.1, -0.05) is 60.0 Å². The van der Waals surface area contributed by atoms with E-state index in [0.717, 1.165) is 45.2 Å². The smallest absolute Gasteiger partial charge is 0.319 e. The SMILES string of the molecule is CC(C)[Si](C#Cc1c(F)ccc2cc(N)cc(-c3ncc4c(N5CCCCCN5)nc(OC[C@@]56CCCN5C[C@H](F)C6)nc4c3F)c12)(C(C)C)C(C)C. The second kappa shape index (κ2) is 14.7. The summed E-state index contributed by atoms with van der Waals surface area (Å²) >= 11 is 0. The lowest BCUT2D eigenvalue weighted by Gasteiger charge is -2.38. The standard InChI is InChI=1S/C41H52F3N7OSi/c1-25(2)53(26(3)4,27(5)6)18-13-31-34(43)12-11-28-19-30(45)20-32(35(28)31)37-36(44)38-33(22-46-37)39(51-17-9-7-8-15-47-51)49-40(48-38)52-24-41-14-10-16-50(41)23-29(42)21-41/h11-12,19-20,22,25-27,29,47H,7-10,14-17,21,23-24,45H2,1-6H3/t29-,41+/m1/s1. The first-order chi connectivity index (χ1) is 25.3. The van der Waals surface area contributed by atoms with Crippen molar-refractivity contribution >= 4 is 41.3 Å². The zero-order valence-corrected chi connectivity index (χ0v) is 32.8. The van der Waals surface area contributed by atoms with E-state index < -0.39 is 31.4 Å². The van der Waals surface area contributed by atoms with Gasteiger partial charge in [-0.2, -0.15) is 9.97 Å². The Morgan fingerprint density at radius 2 is 1.79 bits per heavy atom. The molecule has 0 bridgehead atoms. The maximum Gasteiger partial charge on any atom is 0.319 e. The van der Waals surface area contributed by atoms with Gasteiger partial charge in [0.25, 0.3) is 0 Å². The van der Waals surface area contributed by atoms with Crippen LogP contribution in [0.5, 0.6) is 6.01 Å². The predicted octanol–water partition coefficient (Wildman–Crippen LogP) is 8.73. The number of anilines is 2. The Labute approximate surface area is 312 Å². The highest BCUT2D eigenvalue weighted by molar-refractivity contribution is 6.90. The first-order valence-electron chi connectivity index (χ1n) is 19.3. The topological polar surface area (TPSA) is 92.4 Å². The Morgan fingerprint density at radius 3 is 2.55 bits per heavy atom. The summed E-state index contributed by atoms with van der Waals surface area (Å²) in [5.41, 5.74) is 15.1. The number of nitrogens with one attached hydrogen (secondary N) is 1. The molecule has 53 heavy (non-hydrogen) atoms. The summed E-state index contributed by atoms with van der Waals surface area (Å²) in [4.78, 5) is 16.3. The summed E-state index contributed by atoms with van der Waals surface area (Å²) in [5, 5.41) is 3.44. The Hall–Kier alpha value is -3.92. The molecule has 8 nitrogen and oxygen atoms in total. The highest BCUT2D eigenvalue weighted by Crippen LogP contribution is 2.43. The van der Waals surface area contributed by atoms with Crippen LogP contribution >= 0.6 is 0 Å². The van der Waals surface area contributed by atoms with Gasteiger partial charge in [-0.3, -0.25) is 14.9 Å². The number of ether oxygens (including phenoxy) is 1. The fraction of sp³-hybridized carbons (Fsp3) is 0.537. The first kappa shape index (κ1) is 37.4. The normalized spacial score (nSPS) is 21.1. The summed E-state index contributed by atoms with van der Waals surface area (Å²) in [6.45, 7) is 16.1. The van der Waals surface area contributed by atoms with Gasteiger partial charge < -0.3 is 10.5 Å². The van der Waals surface area contributed by atoms with E-state index in [2.05, 4.69) is 73.3 Å². The number of alkyl halides is 1. The molecule has 5 heterocycles. The molecule has 7 rings (SSSR count). The lowest BCUT2D eigenvalue weighted by molar-refractivity contribution is 0.107. The van der Waals surface area contributed by atoms with E-state index in [0.29, 0.717) is 69.4 Å². The number of nitrogens with zero attached hydrogens (tertiary/aromatic N) is 5. The molecule has 2 aromatic heterocycles. The van der Waals surface area contributed by atoms with Crippen LogP contribution in [0, 0.1) is 23.1 Å². The average molecular weight is 744 g/mol. The van der Waals surface area contributed by atoms with E-state index >= 15 is 8.78 Å². The van der Waals surface area contributed by atoms with Crippen LogP contribution in [0.1, 0.15) is 85.6 Å². The molecule has 0 spiro atoms. The molecule has 0 amide bonds. The molecule has 2 aromatic carbocycles. The monoisotopic (exact) mass is 743 g/mol. The number of pyridine rings is 1. The van der Waals surface area contributed by atoms with Gasteiger partial charge in [0, 0.05) is 48.9 Å². The van der Waals surface area contributed by atoms with E-state index in [9.17, 15) is 4.39 Å². The van der Waals surface area contributed by atoms with Crippen molar-refractivity contribution in [1.29, 1.82) is 0 Å². The number of benzene rings is 2. The van der Waals surface area contributed by atoms with Gasteiger partial charge in [0.2, 0.25) is 0 Å². The van der Waals surface area contributed by atoms with Crippen molar-refractivity contribution in [2.75, 3.05) is 43.5 Å². The molecule has 3 aliphatic heterocycles. The summed E-state index contributed by atoms with van der Waals surface area (Å²) in [5.74, 6) is 2.61. The minimum absolute atomic E-state index is 0.0143. The number of fused-ring (bicyclic) bond motifs is 3. The van der Waals surface area contributed by atoms with E-state index in [-0.39, 0.29) is 29.4 Å². The van der Waals surface area contributed by atoms with Crippen LogP contribution in [0.25, 0.3) is 32.9 Å². The van der Waals surface area contributed by atoms with Gasteiger partial charge in [0.15, 0.2) is 11.6 Å². The Kier molecular flexibility index (Phi) is 10.4. The molecular weight excluding hydrogens is 692 g/mol. The van der Waals surface area contributed by atoms with E-state index in [1.807, 2.05) is 5.01 Å². The molecule has 2 atom stereocenters. The van der Waals surface area contributed by atoms with Gasteiger partial charge in [0.1, 0.15) is 37.9 Å². The maximum atomic E-state index is 17.3. The van der Waals surface area contributed by atoms with Crippen molar-refractivity contribution in [2.45, 2.75) is 108 Å². The van der Waals surface area contributed by atoms with Crippen molar-refractivity contribution in [2.24, 2.45) is 0 Å². The maximum absolute atomic E-state index is 17.3. The van der Waals surface area contributed by atoms with Crippen LogP contribution in [0.15, 0.2) is 30.5 Å². The molecule has 0 radical (unpaired) electrons. The Bertz CT molecular complexity index is 2050. The fourth-order valence-electron chi connectivity index (χ4n) is 9.55. The number of aromatic nitrogens is 3. The summed E-state index contributed by atoms with van der Waals surface area (Å²) in [6.07, 6.45) is 5.83. The fourth-order valence-corrected chi connectivity index (χ4v) is 14.8. The van der Waals surface area contributed by atoms with Crippen molar-refractivity contribution in [1.82, 2.24) is 25.3 Å². The molecular formula is C41H52F3N7OSi. The molecule has 12 heteroatoms. The minimum atomic E-state index is -2.25. The van der Waals surface area contributed by atoms with Gasteiger partial charge in [-0.25, -0.2) is 18.6 Å². The van der Waals surface area contributed by atoms with Gasteiger partial charge in [-0.05, 0) is 72.4 Å². The van der Waals surface area contributed by atoms with Crippen molar-refractivity contribution in [3.8, 4) is 28.7 Å². The zero-order chi connectivity index (χ0) is 37.7. The lowest BCUT2D eigenvalue weighted by atomic mass is 9.95. The second-order valence-electron chi connectivity index (χ2n) is 16.2. The van der Waals surface area contributed by atoms with E-state index in [4.69, 9.17) is 15.5 Å². The molecule has 0 saturated carbocycles. The highest BCUT2D eigenvalue weighted by atomic mass is 28.3. The minimum Gasteiger partial charge on any atom is -0.461 e. The first-order valence-corrected chi connectivity index (χ1v) is 21.5. The zero-order valence-electron chi connectivity index (χ0n) is 31.8. The molecule has 3 saturated heterocycles. The van der Waals surface area contributed by atoms with Crippen molar-refractivity contribution in [3.05, 3.63) is 47.7 Å². The van der Waals surface area contributed by atoms with E-state index in [1.54, 1.807) is 24.4 Å². The quantitative estimate of drug-likeness (QED) is 0.105. The number of rotatable bonds is 8. The molecule has 4 aromatic rings. The van der Waals surface area contributed by atoms with Crippen LogP contribution in [0.3, 0.4) is 0 Å². The largest absolute Gasteiger partial charge is 0.461 e. The number of hydrazine groups is 1. The van der Waals surface area contributed by atoms with Crippen LogP contribution in [0.2, 0.25) is 16.6 Å². The number of hydrogen-bond acceptors (Lipinski definition) is 8. The van der Waals surface area contributed by atoms with Crippen LogP contribution in [0.4, 0.5) is 24.7 Å². The van der Waals surface area contributed by atoms with Crippen molar-refractivity contribution in [3.63, 3.8) is 0 Å². The van der Waals surface area contributed by atoms with Gasteiger partial charge >= 0.3 is 6.01 Å². The molecule has 3 N–H and O–H groups in total. The Balaban J connectivity index is 1.40. The predicted molar refractivity (Wildman–Crippen MR) is 210 cm³/mol. The van der Waals surface area contributed by atoms with Gasteiger partial charge in [-0.15, -0.1) is 5.54 Å². The summed E-state index contributed by atoms with van der Waals surface area (Å²) in [6, 6.07) is 6.47. The number of nitrogen functional groups attached to an aromatic ring is 1. The number of nitrogens with two attached hydrogens (primary N) is 1.